The van der Waals surface area contributed by atoms with Crippen LogP contribution in [0.4, 0.5) is 23.2 Å². The van der Waals surface area contributed by atoms with Gasteiger partial charge in [0.2, 0.25) is 5.88 Å². The standard InChI is InChI=1S/C35H44BrF4N5O5SSi2/c1-48-35-27(16-23(37)17-43-35)51(46,47)19-22-8-11-26(38)29(30(22)39)24-9-10-25(33(31(24)40)44-20-49-12-14-52(2,3)4)32(41)34-42-18-28(36)45(34)21-50-13-15-53(5,6)7/h8-11,16-18,41,44H,12-15,19-21H2,1-7H3. The summed E-state index contributed by atoms with van der Waals surface area (Å²) in [6, 6.07) is 6.61. The zero-order valence-corrected chi connectivity index (χ0v) is 35.1. The molecule has 0 saturated heterocycles. The van der Waals surface area contributed by atoms with Gasteiger partial charge in [0.25, 0.3) is 0 Å². The second-order valence-corrected chi connectivity index (χ2v) is 28.8. The molecule has 0 saturated carbocycles. The van der Waals surface area contributed by atoms with Crippen molar-refractivity contribution >= 4 is 53.3 Å². The normalized spacial score (nSPS) is 12.3. The highest BCUT2D eigenvalue weighted by molar-refractivity contribution is 9.10. The van der Waals surface area contributed by atoms with Gasteiger partial charge in [0.15, 0.2) is 21.5 Å². The third-order valence-electron chi connectivity index (χ3n) is 8.11. The van der Waals surface area contributed by atoms with Gasteiger partial charge in [-0.1, -0.05) is 51.4 Å². The van der Waals surface area contributed by atoms with Gasteiger partial charge in [0, 0.05) is 46.1 Å². The SMILES string of the molecule is COc1ncc(F)cc1S(=O)(=O)Cc1ccc(F)c(-c2ccc(C(=N)c3ncc(Br)n3COCC[Si](C)(C)C)c(NCOCC[Si](C)(C)C)c2F)c1F. The van der Waals surface area contributed by atoms with Crippen molar-refractivity contribution in [3.8, 4) is 17.0 Å². The van der Waals surface area contributed by atoms with E-state index in [1.165, 1.54) is 12.3 Å². The van der Waals surface area contributed by atoms with Gasteiger partial charge in [-0.25, -0.2) is 35.9 Å². The minimum atomic E-state index is -4.49. The van der Waals surface area contributed by atoms with Crippen LogP contribution in [0.1, 0.15) is 17.0 Å². The predicted octanol–water partition coefficient (Wildman–Crippen LogP) is 8.70. The van der Waals surface area contributed by atoms with Crippen LogP contribution in [0.2, 0.25) is 51.4 Å². The van der Waals surface area contributed by atoms with Gasteiger partial charge in [0.05, 0.1) is 36.5 Å². The molecule has 2 aromatic carbocycles. The molecule has 10 nitrogen and oxygen atoms in total. The van der Waals surface area contributed by atoms with E-state index in [0.29, 0.717) is 23.9 Å². The highest BCUT2D eigenvalue weighted by atomic mass is 79.9. The van der Waals surface area contributed by atoms with Crippen molar-refractivity contribution in [2.75, 3.05) is 32.4 Å². The fraction of sp³-hybridized carbons (Fsp3) is 0.400. The number of benzene rings is 2. The van der Waals surface area contributed by atoms with Crippen LogP contribution in [0.3, 0.4) is 0 Å². The molecule has 0 bridgehead atoms. The molecule has 0 spiro atoms. The number of ether oxygens (including phenoxy) is 3. The van der Waals surface area contributed by atoms with Gasteiger partial charge in [0.1, 0.15) is 46.1 Å². The number of anilines is 1. The molecule has 0 aliphatic heterocycles. The van der Waals surface area contributed by atoms with Gasteiger partial charge >= 0.3 is 0 Å². The van der Waals surface area contributed by atoms with Gasteiger partial charge < -0.3 is 19.5 Å². The van der Waals surface area contributed by atoms with E-state index in [-0.39, 0.29) is 36.2 Å². The molecule has 0 atom stereocenters. The number of sulfone groups is 1. The summed E-state index contributed by atoms with van der Waals surface area (Å²) in [6.07, 6.45) is 2.25. The Hall–Kier alpha value is -3.43. The monoisotopic (exact) mass is 857 g/mol. The Morgan fingerprint density at radius 1 is 0.925 bits per heavy atom. The van der Waals surface area contributed by atoms with Gasteiger partial charge in [-0.2, -0.15) is 0 Å². The Balaban J connectivity index is 1.76. The second kappa shape index (κ2) is 17.4. The zero-order valence-electron chi connectivity index (χ0n) is 30.7. The molecule has 0 fully saturated rings. The number of hydrogen-bond donors (Lipinski definition) is 2. The minimum absolute atomic E-state index is 0.0201. The molecule has 2 aromatic heterocycles. The first-order valence-corrected chi connectivity index (χ1v) is 26.5. The summed E-state index contributed by atoms with van der Waals surface area (Å²) in [6.45, 7) is 14.0. The quantitative estimate of drug-likeness (QED) is 0.0335. The van der Waals surface area contributed by atoms with Crippen LogP contribution in [0, 0.1) is 28.7 Å². The Labute approximate surface area is 317 Å². The van der Waals surface area contributed by atoms with E-state index in [1.54, 1.807) is 4.57 Å². The maximum absolute atomic E-state index is 16.7. The minimum Gasteiger partial charge on any atom is -0.480 e. The lowest BCUT2D eigenvalue weighted by atomic mass is 9.96. The lowest BCUT2D eigenvalue weighted by molar-refractivity contribution is 0.0854. The van der Waals surface area contributed by atoms with Crippen LogP contribution >= 0.6 is 15.9 Å². The van der Waals surface area contributed by atoms with Crippen LogP contribution in [0.25, 0.3) is 11.1 Å². The summed E-state index contributed by atoms with van der Waals surface area (Å²) in [4.78, 5) is 7.35. The molecule has 4 aromatic rings. The van der Waals surface area contributed by atoms with E-state index in [2.05, 4.69) is 70.5 Å². The number of halogens is 5. The number of hydrogen-bond acceptors (Lipinski definition) is 9. The van der Waals surface area contributed by atoms with E-state index in [4.69, 9.17) is 19.6 Å². The smallest absolute Gasteiger partial charge is 0.232 e. The third-order valence-corrected chi connectivity index (χ3v) is 13.8. The molecule has 2 heterocycles. The molecule has 2 N–H and O–H groups in total. The van der Waals surface area contributed by atoms with Crippen LogP contribution in [-0.2, 0) is 31.8 Å². The summed E-state index contributed by atoms with van der Waals surface area (Å²) < 4.78 is 108. The fourth-order valence-corrected chi connectivity index (χ4v) is 8.44. The van der Waals surface area contributed by atoms with Crippen LogP contribution < -0.4 is 10.1 Å². The highest BCUT2D eigenvalue weighted by Crippen LogP contribution is 2.37. The molecule has 53 heavy (non-hydrogen) atoms. The Kier molecular flexibility index (Phi) is 13.9. The molecule has 288 valence electrons. The number of rotatable bonds is 18. The maximum Gasteiger partial charge on any atom is 0.232 e. The zero-order chi connectivity index (χ0) is 39.3. The van der Waals surface area contributed by atoms with E-state index >= 15 is 13.2 Å². The van der Waals surface area contributed by atoms with E-state index in [9.17, 15) is 12.8 Å². The molecule has 18 heteroatoms. The van der Waals surface area contributed by atoms with Crippen molar-refractivity contribution in [2.45, 2.75) is 68.7 Å². The fourth-order valence-electron chi connectivity index (χ4n) is 5.08. The Morgan fingerprint density at radius 3 is 2.23 bits per heavy atom. The molecule has 0 unspecified atom stereocenters. The van der Waals surface area contributed by atoms with Crippen molar-refractivity contribution in [3.63, 3.8) is 0 Å². The van der Waals surface area contributed by atoms with E-state index in [1.807, 2.05) is 0 Å². The first-order valence-electron chi connectivity index (χ1n) is 16.7. The Bertz CT molecular complexity index is 2070. The van der Waals surface area contributed by atoms with Gasteiger partial charge in [-0.3, -0.25) is 9.98 Å². The first kappa shape index (κ1) is 42.3. The summed E-state index contributed by atoms with van der Waals surface area (Å²) in [5.41, 5.74) is -2.35. The highest BCUT2D eigenvalue weighted by Gasteiger charge is 2.29. The number of imidazole rings is 1. The Morgan fingerprint density at radius 2 is 1.58 bits per heavy atom. The maximum atomic E-state index is 16.7. The van der Waals surface area contributed by atoms with Gasteiger partial charge in [-0.15, -0.1) is 0 Å². The summed E-state index contributed by atoms with van der Waals surface area (Å²) >= 11 is 3.44. The van der Waals surface area contributed by atoms with E-state index in [0.717, 1.165) is 43.6 Å². The van der Waals surface area contributed by atoms with Crippen molar-refractivity contribution < 1.29 is 40.2 Å². The summed E-state index contributed by atoms with van der Waals surface area (Å²) in [5, 5.41) is 12.0. The molecule has 0 aliphatic rings. The molecule has 0 aliphatic carbocycles. The first-order chi connectivity index (χ1) is 24.7. The third kappa shape index (κ3) is 10.8. The largest absolute Gasteiger partial charge is 0.480 e. The van der Waals surface area contributed by atoms with Crippen molar-refractivity contribution in [2.24, 2.45) is 0 Å². The van der Waals surface area contributed by atoms with Crippen LogP contribution in [0.5, 0.6) is 5.88 Å². The van der Waals surface area contributed by atoms with Crippen molar-refractivity contribution in [1.29, 1.82) is 5.41 Å². The van der Waals surface area contributed by atoms with Crippen LogP contribution in [-0.4, -0.2) is 71.9 Å². The molecular formula is C35H44BrF4N5O5SSi2. The van der Waals surface area contributed by atoms with E-state index < -0.39 is 82.5 Å². The number of nitrogens with one attached hydrogen (secondary N) is 2. The lowest BCUT2D eigenvalue weighted by Crippen LogP contribution is -2.23. The predicted molar refractivity (Wildman–Crippen MR) is 206 cm³/mol. The number of aromatic nitrogens is 3. The van der Waals surface area contributed by atoms with Crippen molar-refractivity contribution in [3.05, 3.63) is 87.5 Å². The number of methoxy groups -OCH3 is 1. The topological polar surface area (TPSA) is 128 Å². The summed E-state index contributed by atoms with van der Waals surface area (Å²) in [5.74, 6) is -5.89. The number of nitrogens with zero attached hydrogens (tertiary/aromatic N) is 3. The molecule has 0 amide bonds. The van der Waals surface area contributed by atoms with Crippen LogP contribution in [0.15, 0.2) is 52.2 Å². The average Bonchev–Trinajstić information content (AvgIpc) is 3.44. The summed E-state index contributed by atoms with van der Waals surface area (Å²) in [7, 11) is -6.18. The number of pyridine rings is 1. The van der Waals surface area contributed by atoms with Gasteiger partial charge in [-0.05, 0) is 46.2 Å². The second-order valence-electron chi connectivity index (χ2n) is 14.8. The average molecular weight is 859 g/mol. The molecule has 0 radical (unpaired) electrons. The van der Waals surface area contributed by atoms with Crippen molar-refractivity contribution in [1.82, 2.24) is 14.5 Å². The lowest BCUT2D eigenvalue weighted by Gasteiger charge is -2.20. The molecule has 4 rings (SSSR count). The molecular weight excluding hydrogens is 815 g/mol.